The van der Waals surface area contributed by atoms with Gasteiger partial charge >= 0.3 is 5.97 Å². The first-order valence-corrected chi connectivity index (χ1v) is 5.39. The van der Waals surface area contributed by atoms with Gasteiger partial charge in [-0.15, -0.1) is 0 Å². The Hall–Kier alpha value is -1.33. The maximum Gasteiger partial charge on any atom is 0.376 e. The molecule has 0 saturated carbocycles. The third-order valence-corrected chi connectivity index (χ3v) is 2.34. The van der Waals surface area contributed by atoms with Gasteiger partial charge in [-0.2, -0.15) is 12.6 Å². The molecule has 0 aliphatic heterocycles. The molecule has 0 aromatic heterocycles. The molecule has 86 valence electrons. The van der Waals surface area contributed by atoms with Crippen LogP contribution in [0.15, 0.2) is 30.3 Å². The smallest absolute Gasteiger partial charge is 0.376 e. The Balaban J connectivity index is 2.44. The van der Waals surface area contributed by atoms with Gasteiger partial charge in [0, 0.05) is 5.75 Å². The molecular formula is C11H13NO3S. The van der Waals surface area contributed by atoms with E-state index in [1.54, 1.807) is 12.1 Å². The summed E-state index contributed by atoms with van der Waals surface area (Å²) in [5, 5.41) is 0. The van der Waals surface area contributed by atoms with Crippen LogP contribution in [0.4, 0.5) is 0 Å². The zero-order valence-electron chi connectivity index (χ0n) is 8.63. The van der Waals surface area contributed by atoms with E-state index >= 15 is 0 Å². The van der Waals surface area contributed by atoms with Crippen LogP contribution in [0.2, 0.25) is 0 Å². The lowest BCUT2D eigenvalue weighted by Crippen LogP contribution is -2.38. The quantitative estimate of drug-likeness (QED) is 0.447. The summed E-state index contributed by atoms with van der Waals surface area (Å²) in [5.41, 5.74) is 6.18. The number of benzene rings is 1. The second-order valence-corrected chi connectivity index (χ2v) is 3.58. The third-order valence-electron chi connectivity index (χ3n) is 1.95. The maximum absolute atomic E-state index is 11.2. The van der Waals surface area contributed by atoms with E-state index in [0.29, 0.717) is 0 Å². The van der Waals surface area contributed by atoms with Crippen LogP contribution in [0, 0.1) is 0 Å². The van der Waals surface area contributed by atoms with Crippen molar-refractivity contribution < 1.29 is 14.3 Å². The molecule has 1 aromatic rings. The Kier molecular flexibility index (Phi) is 5.01. The molecule has 1 atom stereocenters. The van der Waals surface area contributed by atoms with Crippen LogP contribution in [0.5, 0.6) is 0 Å². The largest absolute Gasteiger partial charge is 0.455 e. The van der Waals surface area contributed by atoms with Gasteiger partial charge in [0.1, 0.15) is 6.61 Å². The molecule has 0 spiro atoms. The van der Waals surface area contributed by atoms with Crippen molar-refractivity contribution in [3.8, 4) is 0 Å². The number of ketones is 1. The van der Waals surface area contributed by atoms with Gasteiger partial charge in [-0.3, -0.25) is 4.79 Å². The SMILES string of the molecule is N[C@@H](CS)C(=O)C(=O)OCc1ccccc1. The second kappa shape index (κ2) is 6.30. The lowest BCUT2D eigenvalue weighted by Gasteiger charge is -2.07. The fraction of sp³-hybridized carbons (Fsp3) is 0.273. The number of esters is 1. The topological polar surface area (TPSA) is 69.4 Å². The van der Waals surface area contributed by atoms with Gasteiger partial charge in [-0.05, 0) is 5.56 Å². The first kappa shape index (κ1) is 12.7. The van der Waals surface area contributed by atoms with E-state index in [9.17, 15) is 9.59 Å². The van der Waals surface area contributed by atoms with Gasteiger partial charge in [-0.1, -0.05) is 30.3 Å². The summed E-state index contributed by atoms with van der Waals surface area (Å²) in [5.74, 6) is -1.53. The highest BCUT2D eigenvalue weighted by molar-refractivity contribution is 7.80. The van der Waals surface area contributed by atoms with Crippen LogP contribution in [0.25, 0.3) is 0 Å². The molecule has 0 saturated heterocycles. The van der Waals surface area contributed by atoms with E-state index in [4.69, 9.17) is 10.5 Å². The minimum Gasteiger partial charge on any atom is -0.455 e. The van der Waals surface area contributed by atoms with Crippen LogP contribution in [-0.2, 0) is 20.9 Å². The molecule has 2 N–H and O–H groups in total. The summed E-state index contributed by atoms with van der Waals surface area (Å²) in [4.78, 5) is 22.5. The minimum absolute atomic E-state index is 0.0741. The average molecular weight is 239 g/mol. The molecule has 5 heteroatoms. The molecule has 0 amide bonds. The zero-order chi connectivity index (χ0) is 12.0. The number of Topliss-reactive ketones (excluding diaryl/α,β-unsaturated/α-hetero) is 1. The molecule has 1 rings (SSSR count). The molecule has 1 aromatic carbocycles. The lowest BCUT2D eigenvalue weighted by molar-refractivity contribution is -0.155. The number of carbonyl (C=O) groups excluding carboxylic acids is 2. The van der Waals surface area contributed by atoms with Crippen molar-refractivity contribution in [2.45, 2.75) is 12.6 Å². The number of hydrogen-bond donors (Lipinski definition) is 2. The van der Waals surface area contributed by atoms with Crippen molar-refractivity contribution in [2.75, 3.05) is 5.75 Å². The zero-order valence-corrected chi connectivity index (χ0v) is 9.52. The fourth-order valence-electron chi connectivity index (χ4n) is 1.03. The number of thiol groups is 1. The number of hydrogen-bond acceptors (Lipinski definition) is 5. The van der Waals surface area contributed by atoms with E-state index in [0.717, 1.165) is 5.56 Å². The summed E-state index contributed by atoms with van der Waals surface area (Å²) < 4.78 is 4.81. The standard InChI is InChI=1S/C11H13NO3S/c12-9(7-16)10(13)11(14)15-6-8-4-2-1-3-5-8/h1-5,9,16H,6-7,12H2/t9-/m0/s1. The Morgan fingerprint density at radius 3 is 2.50 bits per heavy atom. The number of carbonyl (C=O) groups is 2. The first-order chi connectivity index (χ1) is 7.65. The van der Waals surface area contributed by atoms with Crippen molar-refractivity contribution in [3.63, 3.8) is 0 Å². The molecule has 0 bridgehead atoms. The number of nitrogens with two attached hydrogens (primary N) is 1. The molecule has 16 heavy (non-hydrogen) atoms. The third kappa shape index (κ3) is 3.67. The van der Waals surface area contributed by atoms with Crippen LogP contribution in [0.3, 0.4) is 0 Å². The molecule has 4 nitrogen and oxygen atoms in total. The van der Waals surface area contributed by atoms with Gasteiger partial charge in [0.25, 0.3) is 5.78 Å². The van der Waals surface area contributed by atoms with Crippen LogP contribution < -0.4 is 5.73 Å². The Bertz CT molecular complexity index is 367. The monoisotopic (exact) mass is 239 g/mol. The first-order valence-electron chi connectivity index (χ1n) is 4.76. The maximum atomic E-state index is 11.2. The highest BCUT2D eigenvalue weighted by Crippen LogP contribution is 2.01. The Labute approximate surface area is 99.2 Å². The molecule has 0 unspecified atom stereocenters. The molecule has 0 radical (unpaired) electrons. The summed E-state index contributed by atoms with van der Waals surface area (Å²) in [6.07, 6.45) is 0. The van der Waals surface area contributed by atoms with Crippen molar-refractivity contribution in [2.24, 2.45) is 5.73 Å². The predicted octanol–water partition coefficient (Wildman–Crippen LogP) is 0.556. The van der Waals surface area contributed by atoms with Crippen LogP contribution in [-0.4, -0.2) is 23.5 Å². The fourth-order valence-corrected chi connectivity index (χ4v) is 1.19. The lowest BCUT2D eigenvalue weighted by atomic mass is 10.2. The van der Waals surface area contributed by atoms with E-state index in [1.807, 2.05) is 18.2 Å². The van der Waals surface area contributed by atoms with Crippen molar-refractivity contribution in [1.82, 2.24) is 0 Å². The minimum atomic E-state index is -0.912. The van der Waals surface area contributed by atoms with Gasteiger partial charge in [-0.25, -0.2) is 4.79 Å². The van der Waals surface area contributed by atoms with E-state index in [-0.39, 0.29) is 12.4 Å². The highest BCUT2D eigenvalue weighted by atomic mass is 32.1. The van der Waals surface area contributed by atoms with Crippen LogP contribution >= 0.6 is 12.6 Å². The second-order valence-electron chi connectivity index (χ2n) is 3.22. The predicted molar refractivity (Wildman–Crippen MR) is 63.1 cm³/mol. The Morgan fingerprint density at radius 2 is 1.94 bits per heavy atom. The average Bonchev–Trinajstić information content (AvgIpc) is 2.35. The van der Waals surface area contributed by atoms with Gasteiger partial charge in [0.15, 0.2) is 0 Å². The number of ether oxygens (including phenoxy) is 1. The number of rotatable bonds is 5. The summed E-state index contributed by atoms with van der Waals surface area (Å²) in [6, 6.07) is 8.21. The van der Waals surface area contributed by atoms with Gasteiger partial charge in [0.2, 0.25) is 0 Å². The van der Waals surface area contributed by atoms with Crippen molar-refractivity contribution in [3.05, 3.63) is 35.9 Å². The molecule has 0 heterocycles. The van der Waals surface area contributed by atoms with E-state index in [2.05, 4.69) is 12.6 Å². The van der Waals surface area contributed by atoms with Gasteiger partial charge in [0.05, 0.1) is 6.04 Å². The van der Waals surface area contributed by atoms with Crippen molar-refractivity contribution >= 4 is 24.4 Å². The summed E-state index contributed by atoms with van der Waals surface area (Å²) in [6.45, 7) is 0.0741. The molecule has 0 aliphatic carbocycles. The van der Waals surface area contributed by atoms with Crippen LogP contribution in [0.1, 0.15) is 5.56 Å². The summed E-state index contributed by atoms with van der Waals surface area (Å²) in [7, 11) is 0. The molecule has 0 aliphatic rings. The molecule has 0 fully saturated rings. The highest BCUT2D eigenvalue weighted by Gasteiger charge is 2.21. The van der Waals surface area contributed by atoms with E-state index in [1.165, 1.54) is 0 Å². The van der Waals surface area contributed by atoms with E-state index < -0.39 is 17.8 Å². The van der Waals surface area contributed by atoms with Crippen molar-refractivity contribution in [1.29, 1.82) is 0 Å². The van der Waals surface area contributed by atoms with Gasteiger partial charge < -0.3 is 10.5 Å². The summed E-state index contributed by atoms with van der Waals surface area (Å²) >= 11 is 3.83. The Morgan fingerprint density at radius 1 is 1.31 bits per heavy atom. The normalized spacial score (nSPS) is 11.9. The molecular weight excluding hydrogens is 226 g/mol.